The molecule has 0 radical (unpaired) electrons. The van der Waals surface area contributed by atoms with E-state index in [0.29, 0.717) is 0 Å². The Kier molecular flexibility index (Phi) is 3.52. The van der Waals surface area contributed by atoms with Crippen molar-refractivity contribution in [2.24, 2.45) is 5.73 Å². The number of carbonyl (C=O) groups is 1. The molecule has 3 N–H and O–H groups in total. The summed E-state index contributed by atoms with van der Waals surface area (Å²) < 4.78 is 28.5. The minimum atomic E-state index is -0.911. The number of carbonyl (C=O) groups excluding carboxylic acids is 1. The molecule has 18 heavy (non-hydrogen) atoms. The molecule has 1 atom stereocenters. The van der Waals surface area contributed by atoms with Gasteiger partial charge in [-0.15, -0.1) is 0 Å². The number of rotatable bonds is 3. The largest absolute Gasteiger partial charge is 0.486 e. The van der Waals surface area contributed by atoms with Crippen molar-refractivity contribution in [2.45, 2.75) is 12.7 Å². The highest BCUT2D eigenvalue weighted by Crippen LogP contribution is 2.36. The molecule has 1 aliphatic heterocycles. The van der Waals surface area contributed by atoms with Crippen molar-refractivity contribution < 1.29 is 28.5 Å². The predicted molar refractivity (Wildman–Crippen MR) is 57.8 cm³/mol. The topological polar surface area (TPSA) is 91.0 Å². The molecule has 0 saturated carbocycles. The normalized spacial score (nSPS) is 17.3. The lowest BCUT2D eigenvalue weighted by molar-refractivity contribution is 0.0340. The number of aliphatic hydroxyl groups excluding tert-OH is 1. The fourth-order valence-electron chi connectivity index (χ4n) is 1.62. The Morgan fingerprint density at radius 2 is 2.39 bits per heavy atom. The van der Waals surface area contributed by atoms with Crippen molar-refractivity contribution in [1.82, 2.24) is 0 Å². The number of hydrogen-bond donors (Lipinski definition) is 2. The van der Waals surface area contributed by atoms with Crippen LogP contribution in [-0.4, -0.2) is 30.5 Å². The molecular weight excluding hydrogens is 245 g/mol. The number of benzene rings is 1. The first-order valence-corrected chi connectivity index (χ1v) is 5.25. The van der Waals surface area contributed by atoms with Gasteiger partial charge in [-0.05, 0) is 6.07 Å². The zero-order valence-electron chi connectivity index (χ0n) is 9.39. The van der Waals surface area contributed by atoms with Crippen molar-refractivity contribution in [3.05, 3.63) is 23.5 Å². The van der Waals surface area contributed by atoms with Crippen molar-refractivity contribution in [3.8, 4) is 11.5 Å². The third-order valence-electron chi connectivity index (χ3n) is 2.39. The smallest absolute Gasteiger partial charge is 0.404 e. The molecule has 1 heterocycles. The minimum Gasteiger partial charge on any atom is -0.486 e. The average molecular weight is 257 g/mol. The van der Waals surface area contributed by atoms with Crippen LogP contribution < -0.4 is 15.2 Å². The summed E-state index contributed by atoms with van der Waals surface area (Å²) >= 11 is 0. The van der Waals surface area contributed by atoms with E-state index >= 15 is 0 Å². The highest BCUT2D eigenvalue weighted by Gasteiger charge is 2.25. The number of nitrogens with two attached hydrogens (primary N) is 1. The van der Waals surface area contributed by atoms with E-state index in [9.17, 15) is 9.18 Å². The van der Waals surface area contributed by atoms with Crippen LogP contribution in [0.1, 0.15) is 5.56 Å². The van der Waals surface area contributed by atoms with Gasteiger partial charge in [0.2, 0.25) is 0 Å². The molecule has 0 aliphatic carbocycles. The number of aliphatic hydroxyl groups is 1. The molecule has 0 spiro atoms. The summed E-state index contributed by atoms with van der Waals surface area (Å²) in [5.41, 5.74) is 5.11. The van der Waals surface area contributed by atoms with E-state index < -0.39 is 18.0 Å². The molecule has 0 saturated heterocycles. The molecule has 0 bridgehead atoms. The van der Waals surface area contributed by atoms with Gasteiger partial charge in [-0.2, -0.15) is 0 Å². The van der Waals surface area contributed by atoms with Gasteiger partial charge >= 0.3 is 6.09 Å². The Morgan fingerprint density at radius 3 is 3.06 bits per heavy atom. The molecule has 0 fully saturated rings. The molecule has 1 aromatic carbocycles. The molecular formula is C11H12FNO5. The maximum absolute atomic E-state index is 13.2. The summed E-state index contributed by atoms with van der Waals surface area (Å²) in [6.07, 6.45) is -1.45. The Labute approximate surface area is 102 Å². The van der Waals surface area contributed by atoms with Gasteiger partial charge in [0.1, 0.15) is 19.0 Å². The number of amides is 1. The van der Waals surface area contributed by atoms with Crippen LogP contribution in [0.5, 0.6) is 11.5 Å². The first-order valence-electron chi connectivity index (χ1n) is 5.25. The van der Waals surface area contributed by atoms with Gasteiger partial charge < -0.3 is 25.1 Å². The van der Waals surface area contributed by atoms with Crippen molar-refractivity contribution in [2.75, 3.05) is 13.2 Å². The van der Waals surface area contributed by atoms with Crippen LogP contribution in [-0.2, 0) is 11.3 Å². The summed E-state index contributed by atoms with van der Waals surface area (Å²) in [6, 6.07) is 2.32. The van der Waals surface area contributed by atoms with Crippen molar-refractivity contribution in [1.29, 1.82) is 0 Å². The molecule has 0 aromatic heterocycles. The SMILES string of the molecule is NC(=O)OCC1COc2cc(F)cc(CO)c2O1. The minimum absolute atomic E-state index is 0.0724. The van der Waals surface area contributed by atoms with Crippen LogP contribution >= 0.6 is 0 Å². The predicted octanol–water partition coefficient (Wildman–Crippen LogP) is 0.553. The van der Waals surface area contributed by atoms with Gasteiger partial charge in [0.25, 0.3) is 0 Å². The highest BCUT2D eigenvalue weighted by molar-refractivity contribution is 5.64. The van der Waals surface area contributed by atoms with Crippen LogP contribution in [0.15, 0.2) is 12.1 Å². The number of fused-ring (bicyclic) bond motifs is 1. The quantitative estimate of drug-likeness (QED) is 0.825. The van der Waals surface area contributed by atoms with E-state index in [1.165, 1.54) is 6.07 Å². The fraction of sp³-hybridized carbons (Fsp3) is 0.364. The zero-order valence-corrected chi connectivity index (χ0v) is 9.39. The van der Waals surface area contributed by atoms with Gasteiger partial charge in [-0.3, -0.25) is 0 Å². The molecule has 1 amide bonds. The zero-order chi connectivity index (χ0) is 13.1. The summed E-state index contributed by atoms with van der Waals surface area (Å²) in [7, 11) is 0. The lowest BCUT2D eigenvalue weighted by atomic mass is 10.1. The second kappa shape index (κ2) is 5.09. The van der Waals surface area contributed by atoms with Crippen LogP contribution in [0.3, 0.4) is 0 Å². The van der Waals surface area contributed by atoms with Crippen LogP contribution in [0.25, 0.3) is 0 Å². The summed E-state index contributed by atoms with van der Waals surface area (Å²) in [6.45, 7) is -0.349. The lowest BCUT2D eigenvalue weighted by Crippen LogP contribution is -2.35. The van der Waals surface area contributed by atoms with E-state index in [0.717, 1.165) is 6.07 Å². The highest BCUT2D eigenvalue weighted by atomic mass is 19.1. The van der Waals surface area contributed by atoms with Crippen molar-refractivity contribution >= 4 is 6.09 Å². The third-order valence-corrected chi connectivity index (χ3v) is 2.39. The number of hydrogen-bond acceptors (Lipinski definition) is 5. The fourth-order valence-corrected chi connectivity index (χ4v) is 1.62. The lowest BCUT2D eigenvalue weighted by Gasteiger charge is -2.27. The van der Waals surface area contributed by atoms with Gasteiger partial charge in [-0.25, -0.2) is 9.18 Å². The maximum Gasteiger partial charge on any atom is 0.404 e. The Morgan fingerprint density at radius 1 is 1.61 bits per heavy atom. The van der Waals surface area contributed by atoms with E-state index in [-0.39, 0.29) is 36.9 Å². The molecule has 6 nitrogen and oxygen atoms in total. The Bertz CT molecular complexity index is 448. The summed E-state index contributed by atoms with van der Waals surface area (Å²) in [5.74, 6) is -0.0502. The first kappa shape index (κ1) is 12.4. The second-order valence-corrected chi connectivity index (χ2v) is 3.73. The number of ether oxygens (including phenoxy) is 3. The van der Waals surface area contributed by atoms with Gasteiger partial charge in [-0.1, -0.05) is 0 Å². The third kappa shape index (κ3) is 2.62. The van der Waals surface area contributed by atoms with E-state index in [4.69, 9.17) is 20.3 Å². The number of halogens is 1. The summed E-state index contributed by atoms with van der Waals surface area (Å²) in [5, 5.41) is 9.11. The van der Waals surface area contributed by atoms with E-state index in [1.54, 1.807) is 0 Å². The van der Waals surface area contributed by atoms with Gasteiger partial charge in [0.05, 0.1) is 6.61 Å². The van der Waals surface area contributed by atoms with E-state index in [2.05, 4.69) is 4.74 Å². The standard InChI is InChI=1S/C11H12FNO5/c12-7-1-6(3-14)10-9(2-7)16-4-8(18-10)5-17-11(13)15/h1-2,8,14H,3-5H2,(H2,13,15). The second-order valence-electron chi connectivity index (χ2n) is 3.73. The van der Waals surface area contributed by atoms with Crippen molar-refractivity contribution in [3.63, 3.8) is 0 Å². The van der Waals surface area contributed by atoms with Gasteiger partial charge in [0, 0.05) is 11.6 Å². The summed E-state index contributed by atoms with van der Waals surface area (Å²) in [4.78, 5) is 10.5. The average Bonchev–Trinajstić information content (AvgIpc) is 2.35. The first-order chi connectivity index (χ1) is 8.60. The molecule has 1 aromatic rings. The number of primary amides is 1. The molecule has 1 aliphatic rings. The van der Waals surface area contributed by atoms with Gasteiger partial charge in [0.15, 0.2) is 17.6 Å². The molecule has 7 heteroatoms. The Balaban J connectivity index is 2.15. The van der Waals surface area contributed by atoms with Crippen LogP contribution in [0, 0.1) is 5.82 Å². The molecule has 98 valence electrons. The Hall–Kier alpha value is -2.02. The van der Waals surface area contributed by atoms with E-state index in [1.807, 2.05) is 0 Å². The van der Waals surface area contributed by atoms with Crippen LogP contribution in [0.4, 0.5) is 9.18 Å². The van der Waals surface area contributed by atoms with Crippen LogP contribution in [0.2, 0.25) is 0 Å². The monoisotopic (exact) mass is 257 g/mol. The maximum atomic E-state index is 13.2. The molecule has 1 unspecified atom stereocenters. The molecule has 2 rings (SSSR count).